The van der Waals surface area contributed by atoms with Crippen molar-refractivity contribution in [3.8, 4) is 0 Å². The summed E-state index contributed by atoms with van der Waals surface area (Å²) in [5.74, 6) is -0.933. The van der Waals surface area contributed by atoms with E-state index in [-0.39, 0.29) is 0 Å². The van der Waals surface area contributed by atoms with Gasteiger partial charge in [0.2, 0.25) is 0 Å². The molecular weight excluding hydrogens is 156 g/mol. The molecule has 0 aliphatic carbocycles. The van der Waals surface area contributed by atoms with Gasteiger partial charge < -0.3 is 16.6 Å². The molecule has 5 N–H and O–H groups in total. The summed E-state index contributed by atoms with van der Waals surface area (Å²) >= 11 is 0. The molecule has 0 unspecified atom stereocenters. The molecule has 1 atom stereocenters. The van der Waals surface area contributed by atoms with Gasteiger partial charge in [0.1, 0.15) is 6.04 Å². The summed E-state index contributed by atoms with van der Waals surface area (Å²) < 4.78 is 0. The summed E-state index contributed by atoms with van der Waals surface area (Å²) in [6.45, 7) is 4.60. The number of unbranched alkanes of at least 4 members (excludes halogenated alkanes) is 1. The Morgan fingerprint density at radius 1 is 1.42 bits per heavy atom. The number of aliphatic carboxylic acids is 1. The fourth-order valence-electron chi connectivity index (χ4n) is 0.632. The van der Waals surface area contributed by atoms with Crippen LogP contribution in [0, 0.1) is 0 Å². The summed E-state index contributed by atoms with van der Waals surface area (Å²) in [4.78, 5) is 10.1. The average molecular weight is 176 g/mol. The quantitative estimate of drug-likeness (QED) is 0.534. The Labute approximate surface area is 73.9 Å². The largest absolute Gasteiger partial charge is 0.480 e. The lowest BCUT2D eigenvalue weighted by Crippen LogP contribution is -2.29. The molecule has 4 heteroatoms. The average Bonchev–Trinajstić information content (AvgIpc) is 2.08. The van der Waals surface area contributed by atoms with Crippen LogP contribution in [0.4, 0.5) is 0 Å². The first-order valence-corrected chi connectivity index (χ1v) is 4.37. The zero-order valence-corrected chi connectivity index (χ0v) is 7.92. The highest BCUT2D eigenvalue weighted by atomic mass is 16.4. The summed E-state index contributed by atoms with van der Waals surface area (Å²) in [5, 5.41) is 8.33. The Morgan fingerprint density at radius 3 is 2.25 bits per heavy atom. The Morgan fingerprint density at radius 2 is 1.92 bits per heavy atom. The zero-order valence-electron chi connectivity index (χ0n) is 7.92. The maximum absolute atomic E-state index is 10.1. The molecule has 0 bridgehead atoms. The third kappa shape index (κ3) is 9.39. The van der Waals surface area contributed by atoms with Crippen LogP contribution in [-0.2, 0) is 4.79 Å². The van der Waals surface area contributed by atoms with Gasteiger partial charge in [0.15, 0.2) is 0 Å². The zero-order chi connectivity index (χ0) is 9.98. The lowest BCUT2D eigenvalue weighted by molar-refractivity contribution is -0.138. The van der Waals surface area contributed by atoms with Gasteiger partial charge in [-0.15, -0.1) is 0 Å². The van der Waals surface area contributed by atoms with Crippen LogP contribution >= 0.6 is 0 Å². The van der Waals surface area contributed by atoms with Gasteiger partial charge in [0.25, 0.3) is 0 Å². The van der Waals surface area contributed by atoms with Gasteiger partial charge in [-0.05, 0) is 19.4 Å². The highest BCUT2D eigenvalue weighted by Gasteiger charge is 2.09. The Kier molecular flexibility index (Phi) is 12.1. The summed E-state index contributed by atoms with van der Waals surface area (Å²) in [7, 11) is 0. The molecule has 0 saturated heterocycles. The Bertz CT molecular complexity index is 107. The van der Waals surface area contributed by atoms with E-state index in [0.29, 0.717) is 13.0 Å². The molecule has 0 aliphatic rings. The van der Waals surface area contributed by atoms with Crippen LogP contribution in [0.1, 0.15) is 33.1 Å². The fourth-order valence-corrected chi connectivity index (χ4v) is 0.632. The number of hydrogen-bond acceptors (Lipinski definition) is 3. The van der Waals surface area contributed by atoms with Crippen LogP contribution < -0.4 is 11.5 Å². The maximum Gasteiger partial charge on any atom is 0.320 e. The first-order valence-electron chi connectivity index (χ1n) is 4.37. The standard InChI is InChI=1S/C6H14N2O2.C2H6/c7-4-2-1-3-5(8)6(9)10;1-2/h5H,1-4,7-8H2,(H,9,10);1-2H3/t5-;/m0./s1. The molecule has 0 aromatic carbocycles. The number of carbonyl (C=O) groups is 1. The van der Waals surface area contributed by atoms with Gasteiger partial charge in [-0.1, -0.05) is 20.3 Å². The first-order chi connectivity index (χ1) is 5.68. The Hall–Kier alpha value is -0.610. The van der Waals surface area contributed by atoms with Crippen molar-refractivity contribution in [1.82, 2.24) is 0 Å². The predicted molar refractivity (Wildman–Crippen MR) is 49.9 cm³/mol. The van der Waals surface area contributed by atoms with Crippen molar-refractivity contribution in [1.29, 1.82) is 0 Å². The highest BCUT2D eigenvalue weighted by molar-refractivity contribution is 5.72. The van der Waals surface area contributed by atoms with E-state index in [2.05, 4.69) is 0 Å². The van der Waals surface area contributed by atoms with Crippen molar-refractivity contribution < 1.29 is 9.90 Å². The van der Waals surface area contributed by atoms with Gasteiger partial charge in [0, 0.05) is 0 Å². The molecule has 12 heavy (non-hydrogen) atoms. The summed E-state index contributed by atoms with van der Waals surface area (Å²) in [6.07, 6.45) is 2.16. The third-order valence-corrected chi connectivity index (χ3v) is 1.29. The molecule has 4 nitrogen and oxygen atoms in total. The molecule has 0 aromatic heterocycles. The topological polar surface area (TPSA) is 89.3 Å². The summed E-state index contributed by atoms with van der Waals surface area (Å²) in [6, 6.07) is -0.716. The van der Waals surface area contributed by atoms with Crippen LogP contribution in [0.5, 0.6) is 0 Å². The smallest absolute Gasteiger partial charge is 0.320 e. The normalized spacial score (nSPS) is 11.3. The molecule has 0 radical (unpaired) electrons. The van der Waals surface area contributed by atoms with E-state index in [4.69, 9.17) is 16.6 Å². The second-order valence-corrected chi connectivity index (χ2v) is 2.23. The molecule has 0 heterocycles. The summed E-state index contributed by atoms with van der Waals surface area (Å²) in [5.41, 5.74) is 10.4. The van der Waals surface area contributed by atoms with Crippen molar-refractivity contribution in [3.63, 3.8) is 0 Å². The minimum absolute atomic E-state index is 0.520. The molecule has 0 spiro atoms. The molecule has 74 valence electrons. The van der Waals surface area contributed by atoms with Gasteiger partial charge in [0.05, 0.1) is 0 Å². The molecular formula is C8H20N2O2. The maximum atomic E-state index is 10.1. The molecule has 0 saturated carbocycles. The first kappa shape index (κ1) is 13.9. The predicted octanol–water partition coefficient (Wildman–Crippen LogP) is 0.554. The minimum atomic E-state index is -0.933. The second kappa shape index (κ2) is 10.4. The van der Waals surface area contributed by atoms with Crippen LogP contribution in [0.15, 0.2) is 0 Å². The van der Waals surface area contributed by atoms with Gasteiger partial charge in [-0.3, -0.25) is 4.79 Å². The number of nitrogens with two attached hydrogens (primary N) is 2. The van der Waals surface area contributed by atoms with Crippen molar-refractivity contribution in [2.45, 2.75) is 39.2 Å². The van der Waals surface area contributed by atoms with Gasteiger partial charge in [-0.2, -0.15) is 0 Å². The lowest BCUT2D eigenvalue weighted by Gasteiger charge is -2.03. The number of carboxylic acids is 1. The van der Waals surface area contributed by atoms with E-state index >= 15 is 0 Å². The van der Waals surface area contributed by atoms with Crippen LogP contribution in [-0.4, -0.2) is 23.7 Å². The van der Waals surface area contributed by atoms with Gasteiger partial charge in [-0.25, -0.2) is 0 Å². The van der Waals surface area contributed by atoms with Crippen molar-refractivity contribution in [2.24, 2.45) is 11.5 Å². The number of hydrogen-bond donors (Lipinski definition) is 3. The molecule has 0 rings (SSSR count). The number of carboxylic acid groups (broad SMARTS) is 1. The monoisotopic (exact) mass is 176 g/mol. The van der Waals surface area contributed by atoms with Crippen LogP contribution in [0.3, 0.4) is 0 Å². The number of rotatable bonds is 5. The van der Waals surface area contributed by atoms with Crippen molar-refractivity contribution in [3.05, 3.63) is 0 Å². The molecule has 0 amide bonds. The molecule has 0 aliphatic heterocycles. The second-order valence-electron chi connectivity index (χ2n) is 2.23. The highest BCUT2D eigenvalue weighted by Crippen LogP contribution is 1.96. The van der Waals surface area contributed by atoms with E-state index in [9.17, 15) is 4.79 Å². The van der Waals surface area contributed by atoms with E-state index < -0.39 is 12.0 Å². The van der Waals surface area contributed by atoms with Crippen molar-refractivity contribution in [2.75, 3.05) is 6.54 Å². The van der Waals surface area contributed by atoms with E-state index in [1.165, 1.54) is 0 Å². The van der Waals surface area contributed by atoms with Crippen LogP contribution in [0.2, 0.25) is 0 Å². The minimum Gasteiger partial charge on any atom is -0.480 e. The van der Waals surface area contributed by atoms with E-state index in [0.717, 1.165) is 12.8 Å². The van der Waals surface area contributed by atoms with E-state index in [1.54, 1.807) is 0 Å². The molecule has 0 fully saturated rings. The van der Waals surface area contributed by atoms with Crippen LogP contribution in [0.25, 0.3) is 0 Å². The van der Waals surface area contributed by atoms with E-state index in [1.807, 2.05) is 13.8 Å². The molecule has 0 aromatic rings. The lowest BCUT2D eigenvalue weighted by atomic mass is 10.1. The third-order valence-electron chi connectivity index (χ3n) is 1.29. The van der Waals surface area contributed by atoms with Gasteiger partial charge >= 0.3 is 5.97 Å². The van der Waals surface area contributed by atoms with Crippen molar-refractivity contribution >= 4 is 5.97 Å². The fraction of sp³-hybridized carbons (Fsp3) is 0.875. The Balaban J connectivity index is 0. The SMILES string of the molecule is CC.NCCCC[C@H](N)C(=O)O.